The van der Waals surface area contributed by atoms with Crippen LogP contribution in [-0.2, 0) is 10.0 Å². The highest BCUT2D eigenvalue weighted by atomic mass is 32.2. The van der Waals surface area contributed by atoms with Crippen LogP contribution in [0.15, 0.2) is 53.4 Å². The van der Waals surface area contributed by atoms with Crippen LogP contribution in [0.25, 0.3) is 0 Å². The fourth-order valence-corrected chi connectivity index (χ4v) is 4.59. The topological polar surface area (TPSA) is 78.5 Å². The SMILES string of the molecule is CCN(CCCNC(=O)c1cc(S(=O)(=O)NC(C)(C)C)ccc1C)c1ccccc1. The van der Waals surface area contributed by atoms with Crippen LogP contribution in [0.4, 0.5) is 5.69 Å². The number of nitrogens with zero attached hydrogens (tertiary/aromatic N) is 1. The van der Waals surface area contributed by atoms with Crippen LogP contribution in [-0.4, -0.2) is 39.5 Å². The molecule has 2 N–H and O–H groups in total. The van der Waals surface area contributed by atoms with E-state index in [0.29, 0.717) is 12.1 Å². The van der Waals surface area contributed by atoms with Gasteiger partial charge in [0.25, 0.3) is 5.91 Å². The molecule has 0 aliphatic heterocycles. The monoisotopic (exact) mass is 431 g/mol. The van der Waals surface area contributed by atoms with E-state index in [0.717, 1.165) is 30.8 Å². The molecule has 0 bridgehead atoms. The Balaban J connectivity index is 2.00. The molecule has 2 aromatic rings. The second-order valence-electron chi connectivity index (χ2n) is 8.36. The summed E-state index contributed by atoms with van der Waals surface area (Å²) in [4.78, 5) is 15.0. The van der Waals surface area contributed by atoms with Gasteiger partial charge >= 0.3 is 0 Å². The zero-order chi connectivity index (χ0) is 22.4. The van der Waals surface area contributed by atoms with Crippen LogP contribution in [0.1, 0.15) is 50.0 Å². The normalized spacial score (nSPS) is 11.9. The van der Waals surface area contributed by atoms with Crippen molar-refractivity contribution in [2.75, 3.05) is 24.5 Å². The summed E-state index contributed by atoms with van der Waals surface area (Å²) >= 11 is 0. The van der Waals surface area contributed by atoms with Crippen molar-refractivity contribution in [1.82, 2.24) is 10.0 Å². The molecule has 1 amide bonds. The van der Waals surface area contributed by atoms with Gasteiger partial charge in [-0.3, -0.25) is 4.79 Å². The molecule has 0 spiro atoms. The molecule has 0 heterocycles. The molecule has 6 nitrogen and oxygen atoms in total. The van der Waals surface area contributed by atoms with Crippen molar-refractivity contribution in [2.24, 2.45) is 0 Å². The number of carbonyl (C=O) groups excluding carboxylic acids is 1. The number of benzene rings is 2. The molecule has 2 aromatic carbocycles. The number of sulfonamides is 1. The molecular weight excluding hydrogens is 398 g/mol. The summed E-state index contributed by atoms with van der Waals surface area (Å²) in [5, 5.41) is 2.92. The van der Waals surface area contributed by atoms with Gasteiger partial charge in [0.05, 0.1) is 4.90 Å². The summed E-state index contributed by atoms with van der Waals surface area (Å²) in [5.74, 6) is -0.261. The average Bonchev–Trinajstić information content (AvgIpc) is 2.67. The third-order valence-electron chi connectivity index (χ3n) is 4.60. The lowest BCUT2D eigenvalue weighted by atomic mass is 10.1. The number of anilines is 1. The van der Waals surface area contributed by atoms with Crippen molar-refractivity contribution in [3.8, 4) is 0 Å². The molecule has 0 unspecified atom stereocenters. The highest BCUT2D eigenvalue weighted by Crippen LogP contribution is 2.18. The van der Waals surface area contributed by atoms with E-state index in [1.54, 1.807) is 33.8 Å². The van der Waals surface area contributed by atoms with Crippen LogP contribution in [0.5, 0.6) is 0 Å². The van der Waals surface area contributed by atoms with E-state index in [-0.39, 0.29) is 10.8 Å². The van der Waals surface area contributed by atoms with Gasteiger partial charge in [0, 0.05) is 36.4 Å². The second kappa shape index (κ2) is 10.1. The number of aryl methyl sites for hydroxylation is 1. The lowest BCUT2D eigenvalue weighted by Crippen LogP contribution is -2.40. The minimum Gasteiger partial charge on any atom is -0.372 e. The minimum atomic E-state index is -3.70. The molecule has 0 fully saturated rings. The maximum Gasteiger partial charge on any atom is 0.251 e. The molecule has 0 aromatic heterocycles. The largest absolute Gasteiger partial charge is 0.372 e. The molecule has 0 radical (unpaired) electrons. The predicted octanol–water partition coefficient (Wildman–Crippen LogP) is 3.72. The van der Waals surface area contributed by atoms with Crippen molar-refractivity contribution in [1.29, 1.82) is 0 Å². The van der Waals surface area contributed by atoms with Gasteiger partial charge in [-0.15, -0.1) is 0 Å². The smallest absolute Gasteiger partial charge is 0.251 e. The van der Waals surface area contributed by atoms with Crippen molar-refractivity contribution in [3.05, 3.63) is 59.7 Å². The molecule has 7 heteroatoms. The zero-order valence-electron chi connectivity index (χ0n) is 18.5. The average molecular weight is 432 g/mol. The number of hydrogen-bond donors (Lipinski definition) is 2. The Morgan fingerprint density at radius 2 is 1.73 bits per heavy atom. The Morgan fingerprint density at radius 3 is 2.33 bits per heavy atom. The second-order valence-corrected chi connectivity index (χ2v) is 10.0. The molecule has 0 saturated carbocycles. The summed E-state index contributed by atoms with van der Waals surface area (Å²) in [6.45, 7) is 11.5. The third kappa shape index (κ3) is 6.85. The molecule has 0 aliphatic rings. The van der Waals surface area contributed by atoms with E-state index in [1.165, 1.54) is 12.1 Å². The maximum atomic E-state index is 12.7. The number of amides is 1. The van der Waals surface area contributed by atoms with Gasteiger partial charge in [0.15, 0.2) is 0 Å². The van der Waals surface area contributed by atoms with Gasteiger partial charge in [-0.2, -0.15) is 0 Å². The Kier molecular flexibility index (Phi) is 8.03. The van der Waals surface area contributed by atoms with Gasteiger partial charge in [-0.1, -0.05) is 24.3 Å². The third-order valence-corrected chi connectivity index (χ3v) is 6.35. The van der Waals surface area contributed by atoms with Crippen molar-refractivity contribution >= 4 is 21.6 Å². The van der Waals surface area contributed by atoms with Crippen LogP contribution in [0.2, 0.25) is 0 Å². The first kappa shape index (κ1) is 23.9. The van der Waals surface area contributed by atoms with Gasteiger partial charge in [0.2, 0.25) is 10.0 Å². The van der Waals surface area contributed by atoms with E-state index in [4.69, 9.17) is 0 Å². The summed E-state index contributed by atoms with van der Waals surface area (Å²) in [6, 6.07) is 14.8. The first-order chi connectivity index (χ1) is 14.0. The van der Waals surface area contributed by atoms with Crippen LogP contribution < -0.4 is 14.9 Å². The van der Waals surface area contributed by atoms with E-state index in [9.17, 15) is 13.2 Å². The van der Waals surface area contributed by atoms with Crippen molar-refractivity contribution in [3.63, 3.8) is 0 Å². The Morgan fingerprint density at radius 1 is 1.07 bits per heavy atom. The van der Waals surface area contributed by atoms with Crippen LogP contribution in [0.3, 0.4) is 0 Å². The number of carbonyl (C=O) groups is 1. The first-order valence-corrected chi connectivity index (χ1v) is 11.7. The highest BCUT2D eigenvalue weighted by Gasteiger charge is 2.23. The quantitative estimate of drug-likeness (QED) is 0.593. The van der Waals surface area contributed by atoms with Gasteiger partial charge in [-0.25, -0.2) is 13.1 Å². The summed E-state index contributed by atoms with van der Waals surface area (Å²) < 4.78 is 27.8. The van der Waals surface area contributed by atoms with E-state index in [1.807, 2.05) is 18.2 Å². The lowest BCUT2D eigenvalue weighted by molar-refractivity contribution is 0.0952. The molecule has 0 saturated heterocycles. The summed E-state index contributed by atoms with van der Waals surface area (Å²) in [5.41, 5.74) is 1.67. The fourth-order valence-electron chi connectivity index (χ4n) is 3.15. The molecule has 2 rings (SSSR count). The Hall–Kier alpha value is -2.38. The zero-order valence-corrected chi connectivity index (χ0v) is 19.3. The summed E-state index contributed by atoms with van der Waals surface area (Å²) in [6.07, 6.45) is 0.789. The molecule has 164 valence electrons. The van der Waals surface area contributed by atoms with E-state index in [2.05, 4.69) is 34.0 Å². The molecule has 30 heavy (non-hydrogen) atoms. The lowest BCUT2D eigenvalue weighted by Gasteiger charge is -2.23. The van der Waals surface area contributed by atoms with Crippen molar-refractivity contribution in [2.45, 2.75) is 51.5 Å². The van der Waals surface area contributed by atoms with Crippen LogP contribution in [0, 0.1) is 6.92 Å². The predicted molar refractivity (Wildman–Crippen MR) is 123 cm³/mol. The number of rotatable bonds is 9. The van der Waals surface area contributed by atoms with Crippen LogP contribution >= 0.6 is 0 Å². The van der Waals surface area contributed by atoms with E-state index < -0.39 is 15.6 Å². The standard InChI is InChI=1S/C23H33N3O3S/c1-6-26(19-11-8-7-9-12-19)16-10-15-24-22(27)21-17-20(14-13-18(21)2)30(28,29)25-23(3,4)5/h7-9,11-14,17,25H,6,10,15-16H2,1-5H3,(H,24,27). The summed E-state index contributed by atoms with van der Waals surface area (Å²) in [7, 11) is -3.70. The number of nitrogens with one attached hydrogen (secondary N) is 2. The Bertz CT molecular complexity index is 951. The molecular formula is C23H33N3O3S. The van der Waals surface area contributed by atoms with E-state index >= 15 is 0 Å². The van der Waals surface area contributed by atoms with Gasteiger partial charge in [0.1, 0.15) is 0 Å². The fraction of sp³-hybridized carbons (Fsp3) is 0.435. The number of para-hydroxylation sites is 1. The maximum absolute atomic E-state index is 12.7. The highest BCUT2D eigenvalue weighted by molar-refractivity contribution is 7.89. The first-order valence-electron chi connectivity index (χ1n) is 10.3. The molecule has 0 aliphatic carbocycles. The Labute approximate surface area is 180 Å². The number of hydrogen-bond acceptors (Lipinski definition) is 4. The minimum absolute atomic E-state index is 0.0920. The van der Waals surface area contributed by atoms with Crippen molar-refractivity contribution < 1.29 is 13.2 Å². The van der Waals surface area contributed by atoms with Gasteiger partial charge in [-0.05, 0) is 70.9 Å². The molecule has 0 atom stereocenters. The van der Waals surface area contributed by atoms with Gasteiger partial charge < -0.3 is 10.2 Å².